The summed E-state index contributed by atoms with van der Waals surface area (Å²) >= 11 is 0. The van der Waals surface area contributed by atoms with Crippen LogP contribution < -0.4 is 0 Å². The van der Waals surface area contributed by atoms with Crippen LogP contribution in [0, 0.1) is 0 Å². The standard InChI is InChI=1S/C19H36O4/c1-3-5-7-9-11-16-22-18(20)14-13-15-19(21)23-17-12-10-8-6-4-2/h3-17H2,1-2H3. The first-order valence-corrected chi connectivity index (χ1v) is 9.52. The van der Waals surface area contributed by atoms with Crippen LogP contribution in [-0.2, 0) is 19.1 Å². The molecular weight excluding hydrogens is 292 g/mol. The van der Waals surface area contributed by atoms with Gasteiger partial charge in [-0.15, -0.1) is 0 Å². The van der Waals surface area contributed by atoms with E-state index in [0.29, 0.717) is 32.5 Å². The number of carbonyl (C=O) groups is 2. The highest BCUT2D eigenvalue weighted by atomic mass is 16.5. The molecule has 0 aromatic carbocycles. The first kappa shape index (κ1) is 21.9. The lowest BCUT2D eigenvalue weighted by Gasteiger charge is -2.06. The summed E-state index contributed by atoms with van der Waals surface area (Å²) in [7, 11) is 0. The molecule has 0 amide bonds. The van der Waals surface area contributed by atoms with Gasteiger partial charge in [-0.2, -0.15) is 0 Å². The number of hydrogen-bond donors (Lipinski definition) is 0. The van der Waals surface area contributed by atoms with E-state index in [-0.39, 0.29) is 11.9 Å². The predicted octanol–water partition coefficient (Wildman–Crippen LogP) is 5.18. The Balaban J connectivity index is 3.33. The summed E-state index contributed by atoms with van der Waals surface area (Å²) in [5, 5.41) is 0. The topological polar surface area (TPSA) is 52.6 Å². The Bertz CT molecular complexity index is 261. The summed E-state index contributed by atoms with van der Waals surface area (Å²) < 4.78 is 10.3. The van der Waals surface area contributed by atoms with Gasteiger partial charge in [-0.1, -0.05) is 65.2 Å². The summed E-state index contributed by atoms with van der Waals surface area (Å²) in [5.74, 6) is -0.402. The van der Waals surface area contributed by atoms with E-state index in [4.69, 9.17) is 9.47 Å². The summed E-state index contributed by atoms with van der Waals surface area (Å²) in [6.45, 7) is 5.37. The van der Waals surface area contributed by atoms with E-state index in [1.807, 2.05) is 0 Å². The third-order valence-corrected chi connectivity index (χ3v) is 3.78. The molecule has 0 radical (unpaired) electrons. The Kier molecular flexibility index (Phi) is 16.5. The summed E-state index contributed by atoms with van der Waals surface area (Å²) in [5.41, 5.74) is 0. The maximum atomic E-state index is 11.5. The molecule has 0 fully saturated rings. The first-order chi connectivity index (χ1) is 11.2. The van der Waals surface area contributed by atoms with Crippen molar-refractivity contribution in [3.63, 3.8) is 0 Å². The van der Waals surface area contributed by atoms with Crippen molar-refractivity contribution < 1.29 is 19.1 Å². The van der Waals surface area contributed by atoms with Gasteiger partial charge in [0.05, 0.1) is 13.2 Å². The SMILES string of the molecule is CCCCCCCOC(=O)CCCC(=O)OCCCCCCC. The van der Waals surface area contributed by atoms with E-state index in [1.54, 1.807) is 0 Å². The average Bonchev–Trinajstić information content (AvgIpc) is 2.54. The number of carbonyl (C=O) groups excluding carboxylic acids is 2. The van der Waals surface area contributed by atoms with Crippen LogP contribution in [0.1, 0.15) is 97.3 Å². The molecule has 4 nitrogen and oxygen atoms in total. The number of rotatable bonds is 16. The highest BCUT2D eigenvalue weighted by Gasteiger charge is 2.07. The van der Waals surface area contributed by atoms with Gasteiger partial charge in [0, 0.05) is 12.8 Å². The van der Waals surface area contributed by atoms with Crippen molar-refractivity contribution in [2.45, 2.75) is 97.3 Å². The summed E-state index contributed by atoms with van der Waals surface area (Å²) in [6, 6.07) is 0. The maximum absolute atomic E-state index is 11.5. The van der Waals surface area contributed by atoms with E-state index < -0.39 is 0 Å². The predicted molar refractivity (Wildman–Crippen MR) is 93.3 cm³/mol. The molecule has 0 rings (SSSR count). The minimum absolute atomic E-state index is 0.201. The Hall–Kier alpha value is -1.06. The van der Waals surface area contributed by atoms with E-state index >= 15 is 0 Å². The van der Waals surface area contributed by atoms with Gasteiger partial charge in [0.2, 0.25) is 0 Å². The highest BCUT2D eigenvalue weighted by molar-refractivity contribution is 5.72. The molecule has 0 unspecified atom stereocenters. The first-order valence-electron chi connectivity index (χ1n) is 9.52. The van der Waals surface area contributed by atoms with Crippen molar-refractivity contribution in [3.8, 4) is 0 Å². The Morgan fingerprint density at radius 3 is 1.35 bits per heavy atom. The van der Waals surface area contributed by atoms with Crippen molar-refractivity contribution in [3.05, 3.63) is 0 Å². The lowest BCUT2D eigenvalue weighted by Crippen LogP contribution is -2.09. The fraction of sp³-hybridized carbons (Fsp3) is 0.895. The van der Waals surface area contributed by atoms with Gasteiger partial charge in [-0.25, -0.2) is 0 Å². The molecule has 0 heterocycles. The third kappa shape index (κ3) is 17.1. The van der Waals surface area contributed by atoms with Crippen molar-refractivity contribution in [1.82, 2.24) is 0 Å². The van der Waals surface area contributed by atoms with Crippen molar-refractivity contribution in [1.29, 1.82) is 0 Å². The Morgan fingerprint density at radius 2 is 0.957 bits per heavy atom. The quantitative estimate of drug-likeness (QED) is 0.289. The van der Waals surface area contributed by atoms with Crippen LogP contribution >= 0.6 is 0 Å². The van der Waals surface area contributed by atoms with Crippen LogP contribution in [-0.4, -0.2) is 25.2 Å². The number of unbranched alkanes of at least 4 members (excludes halogenated alkanes) is 8. The average molecular weight is 328 g/mol. The number of hydrogen-bond acceptors (Lipinski definition) is 4. The van der Waals surface area contributed by atoms with Gasteiger partial charge < -0.3 is 9.47 Å². The van der Waals surface area contributed by atoms with E-state index in [9.17, 15) is 9.59 Å². The second-order valence-electron chi connectivity index (χ2n) is 6.12. The van der Waals surface area contributed by atoms with Crippen LogP contribution in [0.4, 0.5) is 0 Å². The molecule has 0 saturated carbocycles. The van der Waals surface area contributed by atoms with Crippen molar-refractivity contribution in [2.75, 3.05) is 13.2 Å². The minimum atomic E-state index is -0.201. The van der Waals surface area contributed by atoms with E-state index in [0.717, 1.165) is 25.7 Å². The zero-order chi connectivity index (χ0) is 17.2. The maximum Gasteiger partial charge on any atom is 0.305 e. The van der Waals surface area contributed by atoms with Crippen LogP contribution in [0.15, 0.2) is 0 Å². The van der Waals surface area contributed by atoms with Crippen LogP contribution in [0.5, 0.6) is 0 Å². The molecule has 0 aromatic heterocycles. The molecule has 0 N–H and O–H groups in total. The molecule has 0 aliphatic heterocycles. The van der Waals surface area contributed by atoms with Crippen LogP contribution in [0.2, 0.25) is 0 Å². The van der Waals surface area contributed by atoms with Gasteiger partial charge in [-0.05, 0) is 19.3 Å². The highest BCUT2D eigenvalue weighted by Crippen LogP contribution is 2.06. The zero-order valence-electron chi connectivity index (χ0n) is 15.2. The lowest BCUT2D eigenvalue weighted by molar-refractivity contribution is -0.145. The fourth-order valence-corrected chi connectivity index (χ4v) is 2.30. The molecule has 0 aliphatic rings. The zero-order valence-corrected chi connectivity index (χ0v) is 15.2. The minimum Gasteiger partial charge on any atom is -0.466 e. The largest absolute Gasteiger partial charge is 0.466 e. The number of esters is 2. The molecule has 136 valence electrons. The smallest absolute Gasteiger partial charge is 0.305 e. The molecule has 23 heavy (non-hydrogen) atoms. The molecule has 0 bridgehead atoms. The molecule has 0 saturated heterocycles. The summed E-state index contributed by atoms with van der Waals surface area (Å²) in [6.07, 6.45) is 12.6. The molecule has 0 aliphatic carbocycles. The van der Waals surface area contributed by atoms with Gasteiger partial charge >= 0.3 is 11.9 Å². The molecule has 0 spiro atoms. The van der Waals surface area contributed by atoms with Gasteiger partial charge in [0.15, 0.2) is 0 Å². The van der Waals surface area contributed by atoms with E-state index in [1.165, 1.54) is 38.5 Å². The van der Waals surface area contributed by atoms with Gasteiger partial charge in [-0.3, -0.25) is 9.59 Å². The molecular formula is C19H36O4. The molecule has 0 aromatic rings. The molecule has 0 atom stereocenters. The van der Waals surface area contributed by atoms with Gasteiger partial charge in [0.1, 0.15) is 0 Å². The second-order valence-corrected chi connectivity index (χ2v) is 6.12. The van der Waals surface area contributed by atoms with Crippen LogP contribution in [0.25, 0.3) is 0 Å². The Morgan fingerprint density at radius 1 is 0.565 bits per heavy atom. The van der Waals surface area contributed by atoms with Crippen molar-refractivity contribution in [2.24, 2.45) is 0 Å². The lowest BCUT2D eigenvalue weighted by atomic mass is 10.2. The van der Waals surface area contributed by atoms with Crippen molar-refractivity contribution >= 4 is 11.9 Å². The Labute approximate surface area is 142 Å². The monoisotopic (exact) mass is 328 g/mol. The summed E-state index contributed by atoms with van der Waals surface area (Å²) in [4.78, 5) is 23.0. The number of ether oxygens (including phenoxy) is 2. The fourth-order valence-electron chi connectivity index (χ4n) is 2.30. The second kappa shape index (κ2) is 17.3. The molecule has 4 heteroatoms. The van der Waals surface area contributed by atoms with Crippen LogP contribution in [0.3, 0.4) is 0 Å². The third-order valence-electron chi connectivity index (χ3n) is 3.78. The van der Waals surface area contributed by atoms with E-state index in [2.05, 4.69) is 13.8 Å². The normalized spacial score (nSPS) is 10.5. The van der Waals surface area contributed by atoms with Gasteiger partial charge in [0.25, 0.3) is 0 Å².